The molecule has 0 aliphatic carbocycles. The van der Waals surface area contributed by atoms with E-state index in [0.29, 0.717) is 0 Å². The summed E-state index contributed by atoms with van der Waals surface area (Å²) in [5.74, 6) is 2.05. The smallest absolute Gasteiger partial charge is 0.146 e. The Labute approximate surface area is 97.6 Å². The van der Waals surface area contributed by atoms with Gasteiger partial charge in [0, 0.05) is 11.5 Å². The van der Waals surface area contributed by atoms with Crippen LogP contribution in [0.5, 0.6) is 0 Å². The molecule has 0 saturated heterocycles. The molecular weight excluding hydrogens is 256 g/mol. The lowest BCUT2D eigenvalue weighted by Gasteiger charge is -1.94. The Hall–Kier alpha value is -0.180. The summed E-state index contributed by atoms with van der Waals surface area (Å²) in [6.45, 7) is 0. The van der Waals surface area contributed by atoms with Crippen LogP contribution in [-0.2, 0) is 0 Å². The third-order valence-electron chi connectivity index (χ3n) is 1.21. The summed E-state index contributed by atoms with van der Waals surface area (Å²) < 4.78 is 2.06. The molecule has 0 N–H and O–H groups in total. The first-order valence-electron chi connectivity index (χ1n) is 3.73. The Morgan fingerprint density at radius 3 is 1.79 bits per heavy atom. The molecule has 0 spiro atoms. The number of rotatable bonds is 5. The highest BCUT2D eigenvalue weighted by molar-refractivity contribution is 8.04. The van der Waals surface area contributed by atoms with Crippen LogP contribution in [0.2, 0.25) is 0 Å². The Balaban J connectivity index is 1.65. The fraction of sp³-hybridized carbons (Fsp3) is 0.333. The van der Waals surface area contributed by atoms with E-state index >= 15 is 0 Å². The summed E-state index contributed by atoms with van der Waals surface area (Å²) in [6, 6.07) is 0. The van der Waals surface area contributed by atoms with Crippen molar-refractivity contribution in [3.05, 3.63) is 11.0 Å². The second-order valence-electron chi connectivity index (χ2n) is 2.11. The molecule has 0 aromatic carbocycles. The van der Waals surface area contributed by atoms with Crippen molar-refractivity contribution in [1.29, 1.82) is 0 Å². The molecule has 2 rings (SSSR count). The van der Waals surface area contributed by atoms with Gasteiger partial charge in [0.15, 0.2) is 8.68 Å². The second-order valence-corrected chi connectivity index (χ2v) is 6.46. The summed E-state index contributed by atoms with van der Waals surface area (Å²) in [5, 5.41) is 15.4. The Morgan fingerprint density at radius 1 is 0.929 bits per heavy atom. The van der Waals surface area contributed by atoms with Crippen LogP contribution in [0.3, 0.4) is 0 Å². The summed E-state index contributed by atoms with van der Waals surface area (Å²) in [7, 11) is 0. The second kappa shape index (κ2) is 5.64. The van der Waals surface area contributed by atoms with E-state index in [1.807, 2.05) is 0 Å². The van der Waals surface area contributed by atoms with Crippen LogP contribution in [0.1, 0.15) is 0 Å². The largest absolute Gasteiger partial charge is 0.174 e. The number of thioether (sulfide) groups is 2. The third kappa shape index (κ3) is 3.19. The molecule has 0 saturated carbocycles. The molecule has 0 amide bonds. The lowest BCUT2D eigenvalue weighted by Crippen LogP contribution is -1.83. The Morgan fingerprint density at radius 2 is 1.43 bits per heavy atom. The van der Waals surface area contributed by atoms with Crippen molar-refractivity contribution in [2.45, 2.75) is 8.68 Å². The average molecular weight is 262 g/mol. The molecule has 74 valence electrons. The molecule has 0 unspecified atom stereocenters. The van der Waals surface area contributed by atoms with Crippen molar-refractivity contribution in [2.75, 3.05) is 11.5 Å². The summed E-state index contributed by atoms with van der Waals surface area (Å²) in [6.07, 6.45) is 0. The van der Waals surface area contributed by atoms with E-state index in [2.05, 4.69) is 20.4 Å². The van der Waals surface area contributed by atoms with Crippen LogP contribution < -0.4 is 0 Å². The van der Waals surface area contributed by atoms with Gasteiger partial charge in [0.2, 0.25) is 0 Å². The molecule has 0 aliphatic rings. The first-order valence-corrected chi connectivity index (χ1v) is 7.46. The molecule has 2 aromatic heterocycles. The Kier molecular flexibility index (Phi) is 4.17. The van der Waals surface area contributed by atoms with Crippen molar-refractivity contribution in [1.82, 2.24) is 20.4 Å². The summed E-state index contributed by atoms with van der Waals surface area (Å²) >= 11 is 6.61. The highest BCUT2D eigenvalue weighted by Crippen LogP contribution is 2.23. The number of aromatic nitrogens is 4. The van der Waals surface area contributed by atoms with Gasteiger partial charge < -0.3 is 0 Å². The minimum absolute atomic E-state index is 1.03. The van der Waals surface area contributed by atoms with Crippen LogP contribution in [-0.4, -0.2) is 31.9 Å². The Bertz CT molecular complexity index is 310. The highest BCUT2D eigenvalue weighted by atomic mass is 32.2. The number of nitrogens with zero attached hydrogens (tertiary/aromatic N) is 4. The van der Waals surface area contributed by atoms with Gasteiger partial charge in [-0.05, 0) is 0 Å². The zero-order valence-electron chi connectivity index (χ0n) is 6.99. The van der Waals surface area contributed by atoms with Gasteiger partial charge in [0.05, 0.1) is 0 Å². The average Bonchev–Trinajstić information content (AvgIpc) is 2.86. The van der Waals surface area contributed by atoms with Gasteiger partial charge in [-0.1, -0.05) is 46.2 Å². The maximum absolute atomic E-state index is 3.95. The maximum Gasteiger partial charge on any atom is 0.174 e. The van der Waals surface area contributed by atoms with Crippen molar-refractivity contribution in [3.8, 4) is 0 Å². The molecule has 0 atom stereocenters. The van der Waals surface area contributed by atoms with Crippen LogP contribution in [0, 0.1) is 0 Å². The molecule has 8 heteroatoms. The van der Waals surface area contributed by atoms with Crippen molar-refractivity contribution < 1.29 is 0 Å². The van der Waals surface area contributed by atoms with Gasteiger partial charge in [-0.3, -0.25) is 0 Å². The van der Waals surface area contributed by atoms with Crippen LogP contribution in [0.15, 0.2) is 19.7 Å². The molecule has 0 bridgehead atoms. The molecule has 2 heterocycles. The molecule has 0 radical (unpaired) electrons. The third-order valence-corrected chi connectivity index (χ3v) is 5.20. The zero-order valence-corrected chi connectivity index (χ0v) is 10.3. The predicted molar refractivity (Wildman–Crippen MR) is 61.3 cm³/mol. The zero-order chi connectivity index (χ0) is 9.64. The maximum atomic E-state index is 3.95. The fourth-order valence-corrected chi connectivity index (χ4v) is 3.80. The van der Waals surface area contributed by atoms with Crippen molar-refractivity contribution >= 4 is 46.2 Å². The molecule has 0 fully saturated rings. The van der Waals surface area contributed by atoms with Crippen molar-refractivity contribution in [3.63, 3.8) is 0 Å². The fourth-order valence-electron chi connectivity index (χ4n) is 0.710. The minimum atomic E-state index is 1.03. The molecule has 0 aliphatic heterocycles. The molecule has 14 heavy (non-hydrogen) atoms. The van der Waals surface area contributed by atoms with Crippen LogP contribution in [0.25, 0.3) is 0 Å². The molecule has 4 nitrogen and oxygen atoms in total. The van der Waals surface area contributed by atoms with E-state index < -0.39 is 0 Å². The topological polar surface area (TPSA) is 51.6 Å². The first kappa shape index (κ1) is 10.3. The van der Waals surface area contributed by atoms with Gasteiger partial charge >= 0.3 is 0 Å². The van der Waals surface area contributed by atoms with Gasteiger partial charge in [0.1, 0.15) is 11.0 Å². The monoisotopic (exact) mass is 262 g/mol. The predicted octanol–water partition coefficient (Wildman–Crippen LogP) is 2.27. The van der Waals surface area contributed by atoms with Gasteiger partial charge in [-0.15, -0.1) is 20.4 Å². The lowest BCUT2D eigenvalue weighted by molar-refractivity contribution is 1.01. The van der Waals surface area contributed by atoms with E-state index in [4.69, 9.17) is 0 Å². The van der Waals surface area contributed by atoms with Crippen LogP contribution in [0.4, 0.5) is 0 Å². The van der Waals surface area contributed by atoms with Gasteiger partial charge in [0.25, 0.3) is 0 Å². The summed E-state index contributed by atoms with van der Waals surface area (Å²) in [5.41, 5.74) is 3.50. The number of hydrogen-bond acceptors (Lipinski definition) is 8. The van der Waals surface area contributed by atoms with Gasteiger partial charge in [-0.2, -0.15) is 0 Å². The van der Waals surface area contributed by atoms with E-state index in [9.17, 15) is 0 Å². The SMILES string of the molecule is c1nnc(SCCSc2nncs2)s1. The lowest BCUT2D eigenvalue weighted by atomic mass is 11.0. The van der Waals surface area contributed by atoms with Crippen LogP contribution >= 0.6 is 46.2 Å². The standard InChI is InChI=1S/C6H6N4S4/c1(11-5-9-7-3-13-5)2-12-6-10-8-4-14-6/h3-4H,1-2H2. The summed E-state index contributed by atoms with van der Waals surface area (Å²) in [4.78, 5) is 0. The van der Waals surface area contributed by atoms with E-state index in [-0.39, 0.29) is 0 Å². The quantitative estimate of drug-likeness (QED) is 0.608. The number of hydrogen-bond donors (Lipinski definition) is 0. The minimum Gasteiger partial charge on any atom is -0.146 e. The van der Waals surface area contributed by atoms with E-state index in [1.54, 1.807) is 57.2 Å². The van der Waals surface area contributed by atoms with Gasteiger partial charge in [-0.25, -0.2) is 0 Å². The first-order chi connectivity index (χ1) is 6.95. The van der Waals surface area contributed by atoms with E-state index in [0.717, 1.165) is 20.2 Å². The molecular formula is C6H6N4S4. The van der Waals surface area contributed by atoms with Crippen molar-refractivity contribution in [2.24, 2.45) is 0 Å². The highest BCUT2D eigenvalue weighted by Gasteiger charge is 2.00. The normalized spacial score (nSPS) is 10.6. The van der Waals surface area contributed by atoms with E-state index in [1.165, 1.54) is 0 Å². The molecule has 2 aromatic rings.